The molecule has 3 heterocycles. The Balaban J connectivity index is 1.69. The first kappa shape index (κ1) is 15.7. The molecule has 3 aromatic rings. The molecular formula is C17H15ClN6O. The standard InChI is InChI=1S/C17H15ClN6O/c18-11-2-1-3-12(8-11)22-16-15-14(20-10-21-16)9-19-17(23-15)24-6-4-13(25)5-7-24/h1-3,8-10H,4-7H2,(H,20,21,22). The van der Waals surface area contributed by atoms with Crippen LogP contribution in [0.25, 0.3) is 11.0 Å². The van der Waals surface area contributed by atoms with Crippen molar-refractivity contribution in [1.29, 1.82) is 0 Å². The van der Waals surface area contributed by atoms with Gasteiger partial charge in [0.1, 0.15) is 23.1 Å². The zero-order valence-corrected chi connectivity index (χ0v) is 14.1. The van der Waals surface area contributed by atoms with Gasteiger partial charge in [-0.3, -0.25) is 4.79 Å². The topological polar surface area (TPSA) is 83.9 Å². The SMILES string of the molecule is O=C1CCN(c2ncc3ncnc(Nc4cccc(Cl)c4)c3n2)CC1. The molecule has 0 amide bonds. The van der Waals surface area contributed by atoms with E-state index in [4.69, 9.17) is 11.6 Å². The Bertz CT molecular complexity index is 937. The lowest BCUT2D eigenvalue weighted by molar-refractivity contribution is -0.119. The van der Waals surface area contributed by atoms with Crippen LogP contribution in [-0.2, 0) is 4.79 Å². The molecule has 1 N–H and O–H groups in total. The first-order chi connectivity index (χ1) is 12.2. The number of aromatic nitrogens is 4. The fourth-order valence-electron chi connectivity index (χ4n) is 2.75. The van der Waals surface area contributed by atoms with E-state index in [1.165, 1.54) is 6.33 Å². The van der Waals surface area contributed by atoms with E-state index in [-0.39, 0.29) is 5.78 Å². The van der Waals surface area contributed by atoms with E-state index in [0.29, 0.717) is 53.8 Å². The van der Waals surface area contributed by atoms with Gasteiger partial charge < -0.3 is 10.2 Å². The van der Waals surface area contributed by atoms with Crippen LogP contribution >= 0.6 is 11.6 Å². The fraction of sp³-hybridized carbons (Fsp3) is 0.235. The van der Waals surface area contributed by atoms with Gasteiger partial charge in [-0.05, 0) is 18.2 Å². The normalized spacial score (nSPS) is 14.8. The number of rotatable bonds is 3. The van der Waals surface area contributed by atoms with Crippen LogP contribution in [0.15, 0.2) is 36.8 Å². The predicted octanol–water partition coefficient (Wildman–Crippen LogP) is 2.99. The first-order valence-electron chi connectivity index (χ1n) is 7.96. The Morgan fingerprint density at radius 3 is 2.76 bits per heavy atom. The lowest BCUT2D eigenvalue weighted by atomic mass is 10.1. The van der Waals surface area contributed by atoms with Gasteiger partial charge in [0.15, 0.2) is 5.82 Å². The highest BCUT2D eigenvalue weighted by Gasteiger charge is 2.19. The maximum Gasteiger partial charge on any atom is 0.226 e. The van der Waals surface area contributed by atoms with Crippen LogP contribution in [-0.4, -0.2) is 38.8 Å². The molecule has 1 saturated heterocycles. The number of nitrogens with one attached hydrogen (secondary N) is 1. The number of hydrogen-bond donors (Lipinski definition) is 1. The lowest BCUT2D eigenvalue weighted by Crippen LogP contribution is -2.34. The largest absolute Gasteiger partial charge is 0.340 e. The maximum atomic E-state index is 11.4. The summed E-state index contributed by atoms with van der Waals surface area (Å²) >= 11 is 6.04. The van der Waals surface area contributed by atoms with Crippen molar-refractivity contribution < 1.29 is 4.79 Å². The number of ketones is 1. The van der Waals surface area contributed by atoms with E-state index >= 15 is 0 Å². The van der Waals surface area contributed by atoms with Crippen LogP contribution in [0.3, 0.4) is 0 Å². The highest BCUT2D eigenvalue weighted by atomic mass is 35.5. The fourth-order valence-corrected chi connectivity index (χ4v) is 2.94. The number of piperidine rings is 1. The smallest absolute Gasteiger partial charge is 0.226 e. The van der Waals surface area contributed by atoms with Crippen molar-refractivity contribution in [3.05, 3.63) is 41.8 Å². The molecule has 7 nitrogen and oxygen atoms in total. The third-order valence-corrected chi connectivity index (χ3v) is 4.29. The Morgan fingerprint density at radius 1 is 1.12 bits per heavy atom. The summed E-state index contributed by atoms with van der Waals surface area (Å²) in [5.41, 5.74) is 2.09. The summed E-state index contributed by atoms with van der Waals surface area (Å²) < 4.78 is 0. The Labute approximate surface area is 149 Å². The van der Waals surface area contributed by atoms with Gasteiger partial charge in [-0.25, -0.2) is 19.9 Å². The average molecular weight is 355 g/mol. The van der Waals surface area contributed by atoms with E-state index < -0.39 is 0 Å². The number of hydrogen-bond acceptors (Lipinski definition) is 7. The average Bonchev–Trinajstić information content (AvgIpc) is 2.62. The number of carbonyl (C=O) groups excluding carboxylic acids is 1. The van der Waals surface area contributed by atoms with E-state index in [9.17, 15) is 4.79 Å². The second kappa shape index (κ2) is 6.60. The Morgan fingerprint density at radius 2 is 1.96 bits per heavy atom. The van der Waals surface area contributed by atoms with Crippen LogP contribution in [0.5, 0.6) is 0 Å². The van der Waals surface area contributed by atoms with Crippen molar-refractivity contribution in [2.75, 3.05) is 23.3 Å². The van der Waals surface area contributed by atoms with Crippen molar-refractivity contribution in [2.24, 2.45) is 0 Å². The van der Waals surface area contributed by atoms with Crippen LogP contribution in [0.4, 0.5) is 17.5 Å². The molecule has 1 aliphatic heterocycles. The van der Waals surface area contributed by atoms with E-state index in [1.807, 2.05) is 29.2 Å². The highest BCUT2D eigenvalue weighted by Crippen LogP contribution is 2.24. The molecule has 0 aliphatic carbocycles. The molecule has 25 heavy (non-hydrogen) atoms. The summed E-state index contributed by atoms with van der Waals surface area (Å²) in [6, 6.07) is 7.38. The summed E-state index contributed by atoms with van der Waals surface area (Å²) in [6.07, 6.45) is 4.21. The van der Waals surface area contributed by atoms with Crippen molar-refractivity contribution in [2.45, 2.75) is 12.8 Å². The molecule has 0 bridgehead atoms. The van der Waals surface area contributed by atoms with Gasteiger partial charge in [0.25, 0.3) is 0 Å². The molecule has 8 heteroatoms. The second-order valence-corrected chi connectivity index (χ2v) is 6.22. The molecule has 0 atom stereocenters. The van der Waals surface area contributed by atoms with Crippen molar-refractivity contribution in [3.63, 3.8) is 0 Å². The first-order valence-corrected chi connectivity index (χ1v) is 8.34. The molecule has 2 aromatic heterocycles. The van der Waals surface area contributed by atoms with E-state index in [0.717, 1.165) is 5.69 Å². The van der Waals surface area contributed by atoms with E-state index in [1.54, 1.807) is 6.20 Å². The molecule has 1 fully saturated rings. The molecule has 0 unspecified atom stereocenters. The van der Waals surface area contributed by atoms with Gasteiger partial charge in [-0.1, -0.05) is 17.7 Å². The summed E-state index contributed by atoms with van der Waals surface area (Å²) in [4.78, 5) is 31.0. The minimum Gasteiger partial charge on any atom is -0.340 e. The van der Waals surface area contributed by atoms with Gasteiger partial charge in [-0.15, -0.1) is 0 Å². The quantitative estimate of drug-likeness (QED) is 0.773. The molecule has 0 saturated carbocycles. The molecule has 0 radical (unpaired) electrons. The van der Waals surface area contributed by atoms with Gasteiger partial charge in [0, 0.05) is 36.6 Å². The lowest BCUT2D eigenvalue weighted by Gasteiger charge is -2.25. The van der Waals surface area contributed by atoms with Gasteiger partial charge in [0.2, 0.25) is 5.95 Å². The predicted molar refractivity (Wildman–Crippen MR) is 96.3 cm³/mol. The molecule has 1 aromatic carbocycles. The number of benzene rings is 1. The molecule has 4 rings (SSSR count). The number of carbonyl (C=O) groups is 1. The summed E-state index contributed by atoms with van der Waals surface area (Å²) in [7, 11) is 0. The summed E-state index contributed by atoms with van der Waals surface area (Å²) in [5.74, 6) is 1.46. The molecule has 0 spiro atoms. The monoisotopic (exact) mass is 354 g/mol. The minimum absolute atomic E-state index is 0.281. The molecule has 1 aliphatic rings. The number of Topliss-reactive ketones (excluding diaryl/α,β-unsaturated/α-hetero) is 1. The third-order valence-electron chi connectivity index (χ3n) is 4.06. The third kappa shape index (κ3) is 3.36. The maximum absolute atomic E-state index is 11.4. The number of fused-ring (bicyclic) bond motifs is 1. The zero-order valence-electron chi connectivity index (χ0n) is 13.3. The summed E-state index contributed by atoms with van der Waals surface area (Å²) in [5, 5.41) is 3.86. The number of anilines is 3. The second-order valence-electron chi connectivity index (χ2n) is 5.79. The van der Waals surface area contributed by atoms with Gasteiger partial charge in [0.05, 0.1) is 6.20 Å². The van der Waals surface area contributed by atoms with Crippen LogP contribution in [0, 0.1) is 0 Å². The van der Waals surface area contributed by atoms with Crippen LogP contribution in [0.2, 0.25) is 5.02 Å². The van der Waals surface area contributed by atoms with Crippen LogP contribution < -0.4 is 10.2 Å². The zero-order chi connectivity index (χ0) is 17.2. The number of nitrogens with zero attached hydrogens (tertiary/aromatic N) is 5. The van der Waals surface area contributed by atoms with Crippen molar-refractivity contribution in [3.8, 4) is 0 Å². The van der Waals surface area contributed by atoms with E-state index in [2.05, 4.69) is 25.3 Å². The van der Waals surface area contributed by atoms with Crippen molar-refractivity contribution in [1.82, 2.24) is 19.9 Å². The molecular weight excluding hydrogens is 340 g/mol. The van der Waals surface area contributed by atoms with Gasteiger partial charge >= 0.3 is 0 Å². The molecule has 126 valence electrons. The number of halogens is 1. The Kier molecular flexibility index (Phi) is 4.15. The van der Waals surface area contributed by atoms with Crippen LogP contribution in [0.1, 0.15) is 12.8 Å². The Hall–Kier alpha value is -2.80. The van der Waals surface area contributed by atoms with Crippen molar-refractivity contribution >= 4 is 45.9 Å². The summed E-state index contributed by atoms with van der Waals surface area (Å²) in [6.45, 7) is 1.27. The van der Waals surface area contributed by atoms with Gasteiger partial charge in [-0.2, -0.15) is 0 Å². The minimum atomic E-state index is 0.281. The highest BCUT2D eigenvalue weighted by molar-refractivity contribution is 6.30.